The minimum atomic E-state index is 0.355. The third-order valence-corrected chi connectivity index (χ3v) is 3.79. The molecule has 0 spiro atoms. The fourth-order valence-corrected chi connectivity index (χ4v) is 2.49. The van der Waals surface area contributed by atoms with Gasteiger partial charge in [0.25, 0.3) is 0 Å². The van der Waals surface area contributed by atoms with Crippen LogP contribution in [-0.4, -0.2) is 37.3 Å². The van der Waals surface area contributed by atoms with Crippen molar-refractivity contribution in [2.75, 3.05) is 31.2 Å². The summed E-state index contributed by atoms with van der Waals surface area (Å²) in [7, 11) is 0. The molecule has 0 radical (unpaired) electrons. The normalized spacial score (nSPS) is 19.6. The van der Waals surface area contributed by atoms with Crippen LogP contribution in [-0.2, 0) is 11.3 Å². The Labute approximate surface area is 126 Å². The summed E-state index contributed by atoms with van der Waals surface area (Å²) < 4.78 is 5.47. The van der Waals surface area contributed by atoms with E-state index < -0.39 is 0 Å². The maximum atomic E-state index is 6.24. The number of pyridine rings is 1. The highest BCUT2D eigenvalue weighted by atomic mass is 35.5. The number of morpholine rings is 1. The third kappa shape index (κ3) is 4.08. The number of nitrogens with zero attached hydrogens (tertiary/aromatic N) is 2. The van der Waals surface area contributed by atoms with Gasteiger partial charge in [-0.25, -0.2) is 4.98 Å². The minimum Gasteiger partial charge on any atom is -0.377 e. The van der Waals surface area contributed by atoms with Gasteiger partial charge in [-0.2, -0.15) is 0 Å². The molecule has 1 saturated heterocycles. The average molecular weight is 298 g/mol. The van der Waals surface area contributed by atoms with Crippen LogP contribution in [0.15, 0.2) is 12.3 Å². The molecular formula is C15H24ClN3O. The molecule has 2 heterocycles. The molecule has 0 amide bonds. The van der Waals surface area contributed by atoms with Crippen molar-refractivity contribution in [1.29, 1.82) is 0 Å². The van der Waals surface area contributed by atoms with E-state index in [1.807, 2.05) is 0 Å². The minimum absolute atomic E-state index is 0.355. The van der Waals surface area contributed by atoms with E-state index in [-0.39, 0.29) is 0 Å². The van der Waals surface area contributed by atoms with Gasteiger partial charge in [0.1, 0.15) is 5.82 Å². The summed E-state index contributed by atoms with van der Waals surface area (Å²) in [6.45, 7) is 10.7. The van der Waals surface area contributed by atoms with E-state index in [4.69, 9.17) is 16.3 Å². The smallest absolute Gasteiger partial charge is 0.129 e. The van der Waals surface area contributed by atoms with Crippen LogP contribution in [0.5, 0.6) is 0 Å². The van der Waals surface area contributed by atoms with Crippen LogP contribution in [0.2, 0.25) is 5.02 Å². The van der Waals surface area contributed by atoms with Crippen molar-refractivity contribution in [2.45, 2.75) is 33.4 Å². The van der Waals surface area contributed by atoms with Gasteiger partial charge in [-0.3, -0.25) is 0 Å². The van der Waals surface area contributed by atoms with Gasteiger partial charge in [0.15, 0.2) is 0 Å². The Hall–Kier alpha value is -0.840. The number of aromatic nitrogens is 1. The molecule has 112 valence electrons. The van der Waals surface area contributed by atoms with Crippen molar-refractivity contribution in [1.82, 2.24) is 10.3 Å². The second-order valence-corrected chi connectivity index (χ2v) is 6.18. The van der Waals surface area contributed by atoms with Gasteiger partial charge >= 0.3 is 0 Å². The summed E-state index contributed by atoms with van der Waals surface area (Å²) in [4.78, 5) is 6.75. The Balaban J connectivity index is 2.07. The highest BCUT2D eigenvalue weighted by molar-refractivity contribution is 6.31. The first-order valence-electron chi connectivity index (χ1n) is 7.27. The Morgan fingerprint density at radius 3 is 3.05 bits per heavy atom. The molecular weight excluding hydrogens is 274 g/mol. The second-order valence-electron chi connectivity index (χ2n) is 5.78. The maximum absolute atomic E-state index is 6.24. The summed E-state index contributed by atoms with van der Waals surface area (Å²) in [5, 5.41) is 4.16. The van der Waals surface area contributed by atoms with Gasteiger partial charge < -0.3 is 15.0 Å². The largest absolute Gasteiger partial charge is 0.377 e. The van der Waals surface area contributed by atoms with E-state index in [0.717, 1.165) is 49.3 Å². The Morgan fingerprint density at radius 1 is 1.55 bits per heavy atom. The molecule has 2 rings (SSSR count). The molecule has 1 aliphatic rings. The fraction of sp³-hybridized carbons (Fsp3) is 0.667. The van der Waals surface area contributed by atoms with Gasteiger partial charge in [0.05, 0.1) is 24.3 Å². The van der Waals surface area contributed by atoms with Gasteiger partial charge in [0.2, 0.25) is 0 Å². The number of anilines is 1. The molecule has 1 unspecified atom stereocenters. The maximum Gasteiger partial charge on any atom is 0.129 e. The van der Waals surface area contributed by atoms with Crippen molar-refractivity contribution in [3.8, 4) is 0 Å². The summed E-state index contributed by atoms with van der Waals surface area (Å²) in [6.07, 6.45) is 1.76. The molecule has 1 aromatic rings. The highest BCUT2D eigenvalue weighted by Crippen LogP contribution is 2.23. The molecule has 1 aromatic heterocycles. The topological polar surface area (TPSA) is 37.4 Å². The molecule has 1 N–H and O–H groups in total. The van der Waals surface area contributed by atoms with E-state index in [2.05, 4.69) is 42.0 Å². The molecule has 5 heteroatoms. The lowest BCUT2D eigenvalue weighted by atomic mass is 10.2. The van der Waals surface area contributed by atoms with Crippen LogP contribution in [0, 0.1) is 5.92 Å². The molecule has 0 bridgehead atoms. The first kappa shape index (κ1) is 15.5. The predicted molar refractivity (Wildman–Crippen MR) is 83.4 cm³/mol. The van der Waals surface area contributed by atoms with Crippen LogP contribution in [0.1, 0.15) is 26.3 Å². The van der Waals surface area contributed by atoms with Gasteiger partial charge in [-0.15, -0.1) is 0 Å². The fourth-order valence-electron chi connectivity index (χ4n) is 2.32. The molecule has 1 aliphatic heterocycles. The second kappa shape index (κ2) is 7.25. The first-order valence-corrected chi connectivity index (χ1v) is 7.65. The first-order chi connectivity index (χ1) is 9.58. The highest BCUT2D eigenvalue weighted by Gasteiger charge is 2.20. The number of hydrogen-bond donors (Lipinski definition) is 1. The SMILES string of the molecule is CC(C)CNCc1cc(N2CCOCC2C)ncc1Cl. The monoisotopic (exact) mass is 297 g/mol. The van der Waals surface area contributed by atoms with Crippen LogP contribution in [0.4, 0.5) is 5.82 Å². The number of rotatable bonds is 5. The molecule has 0 saturated carbocycles. The summed E-state index contributed by atoms with van der Waals surface area (Å²) in [6, 6.07) is 2.45. The van der Waals surface area contributed by atoms with Crippen molar-refractivity contribution in [3.63, 3.8) is 0 Å². The van der Waals surface area contributed by atoms with Crippen molar-refractivity contribution >= 4 is 17.4 Å². The summed E-state index contributed by atoms with van der Waals surface area (Å²) in [5.74, 6) is 1.63. The van der Waals surface area contributed by atoms with E-state index in [9.17, 15) is 0 Å². The zero-order valence-electron chi connectivity index (χ0n) is 12.5. The molecule has 1 fully saturated rings. The third-order valence-electron chi connectivity index (χ3n) is 3.45. The molecule has 20 heavy (non-hydrogen) atoms. The van der Waals surface area contributed by atoms with Gasteiger partial charge in [-0.05, 0) is 31.0 Å². The zero-order valence-corrected chi connectivity index (χ0v) is 13.3. The summed E-state index contributed by atoms with van der Waals surface area (Å²) >= 11 is 6.24. The van der Waals surface area contributed by atoms with E-state index in [1.165, 1.54) is 0 Å². The molecule has 0 aliphatic carbocycles. The Kier molecular flexibility index (Phi) is 5.64. The molecule has 4 nitrogen and oxygen atoms in total. The Morgan fingerprint density at radius 2 is 2.35 bits per heavy atom. The number of ether oxygens (including phenoxy) is 1. The van der Waals surface area contributed by atoms with Gasteiger partial charge in [0, 0.05) is 19.3 Å². The van der Waals surface area contributed by atoms with Gasteiger partial charge in [-0.1, -0.05) is 25.4 Å². The lowest BCUT2D eigenvalue weighted by Gasteiger charge is -2.34. The molecule has 1 atom stereocenters. The standard InChI is InChI=1S/C15H24ClN3O/c1-11(2)7-17-8-13-6-15(18-9-14(13)16)19-4-5-20-10-12(19)3/h6,9,11-12,17H,4-5,7-8,10H2,1-3H3. The summed E-state index contributed by atoms with van der Waals surface area (Å²) in [5.41, 5.74) is 1.11. The zero-order chi connectivity index (χ0) is 14.5. The number of hydrogen-bond acceptors (Lipinski definition) is 4. The molecule has 0 aromatic carbocycles. The van der Waals surface area contributed by atoms with Crippen LogP contribution < -0.4 is 10.2 Å². The Bertz CT molecular complexity index is 439. The van der Waals surface area contributed by atoms with Crippen molar-refractivity contribution in [2.24, 2.45) is 5.92 Å². The average Bonchev–Trinajstić information content (AvgIpc) is 2.41. The van der Waals surface area contributed by atoms with Crippen LogP contribution in [0.3, 0.4) is 0 Å². The van der Waals surface area contributed by atoms with E-state index in [1.54, 1.807) is 6.20 Å². The van der Waals surface area contributed by atoms with E-state index >= 15 is 0 Å². The van der Waals surface area contributed by atoms with E-state index in [0.29, 0.717) is 12.0 Å². The van der Waals surface area contributed by atoms with Crippen LogP contribution >= 0.6 is 11.6 Å². The lowest BCUT2D eigenvalue weighted by molar-refractivity contribution is 0.0985. The number of halogens is 1. The quantitative estimate of drug-likeness (QED) is 0.907. The lowest BCUT2D eigenvalue weighted by Crippen LogP contribution is -2.44. The number of nitrogens with one attached hydrogen (secondary N) is 1. The van der Waals surface area contributed by atoms with Crippen molar-refractivity contribution < 1.29 is 4.74 Å². The van der Waals surface area contributed by atoms with Crippen LogP contribution in [0.25, 0.3) is 0 Å². The van der Waals surface area contributed by atoms with Crippen molar-refractivity contribution in [3.05, 3.63) is 22.8 Å². The predicted octanol–water partition coefficient (Wildman–Crippen LogP) is 2.71.